The molecular weight excluding hydrogens is 417 g/mol. The predicted molar refractivity (Wildman–Crippen MR) is 115 cm³/mol. The zero-order chi connectivity index (χ0) is 22.5. The SMILES string of the molecule is Cc1nn(-c2ccccc2)c2nc(C3CC3)cc(C(=O)Nc3ccccc3C(F)(F)F)c12. The third-order valence-corrected chi connectivity index (χ3v) is 5.55. The maximum atomic E-state index is 13.4. The molecule has 2 aromatic carbocycles. The number of carbonyl (C=O) groups excluding carboxylic acids is 1. The number of amides is 1. The third-order valence-electron chi connectivity index (χ3n) is 5.55. The summed E-state index contributed by atoms with van der Waals surface area (Å²) in [4.78, 5) is 18.0. The minimum Gasteiger partial charge on any atom is -0.321 e. The third kappa shape index (κ3) is 3.62. The molecule has 0 radical (unpaired) electrons. The van der Waals surface area contributed by atoms with Crippen molar-refractivity contribution in [3.8, 4) is 5.69 Å². The number of hydrogen-bond donors (Lipinski definition) is 1. The van der Waals surface area contributed by atoms with E-state index in [-0.39, 0.29) is 17.2 Å². The van der Waals surface area contributed by atoms with Gasteiger partial charge >= 0.3 is 6.18 Å². The van der Waals surface area contributed by atoms with Gasteiger partial charge in [-0.25, -0.2) is 9.67 Å². The van der Waals surface area contributed by atoms with Gasteiger partial charge in [-0.2, -0.15) is 18.3 Å². The Kier molecular flexibility index (Phi) is 4.73. The van der Waals surface area contributed by atoms with Crippen LogP contribution in [0.5, 0.6) is 0 Å². The normalized spacial score (nSPS) is 14.0. The number of carbonyl (C=O) groups is 1. The second kappa shape index (κ2) is 7.47. The van der Waals surface area contributed by atoms with Crippen LogP contribution in [0.4, 0.5) is 18.9 Å². The predicted octanol–water partition coefficient (Wildman–Crippen LogP) is 5.88. The van der Waals surface area contributed by atoms with Crippen LogP contribution in [0, 0.1) is 6.92 Å². The molecular formula is C24H19F3N4O. The molecule has 0 bridgehead atoms. The van der Waals surface area contributed by atoms with Crippen LogP contribution in [0.25, 0.3) is 16.7 Å². The number of benzene rings is 2. The summed E-state index contributed by atoms with van der Waals surface area (Å²) in [5.74, 6) is -0.375. The highest BCUT2D eigenvalue weighted by molar-refractivity contribution is 6.13. The largest absolute Gasteiger partial charge is 0.418 e. The van der Waals surface area contributed by atoms with Crippen LogP contribution in [0.2, 0.25) is 0 Å². The zero-order valence-corrected chi connectivity index (χ0v) is 17.1. The summed E-state index contributed by atoms with van der Waals surface area (Å²) in [7, 11) is 0. The monoisotopic (exact) mass is 436 g/mol. The van der Waals surface area contributed by atoms with Gasteiger partial charge < -0.3 is 5.32 Å². The number of aromatic nitrogens is 3. The first kappa shape index (κ1) is 20.2. The van der Waals surface area contributed by atoms with Gasteiger partial charge in [0.25, 0.3) is 5.91 Å². The average molecular weight is 436 g/mol. The fourth-order valence-electron chi connectivity index (χ4n) is 3.85. The van der Waals surface area contributed by atoms with Gasteiger partial charge in [0.2, 0.25) is 0 Å². The van der Waals surface area contributed by atoms with E-state index in [0.717, 1.165) is 30.3 Å². The van der Waals surface area contributed by atoms with E-state index in [4.69, 9.17) is 4.98 Å². The fourth-order valence-corrected chi connectivity index (χ4v) is 3.85. The van der Waals surface area contributed by atoms with E-state index < -0.39 is 17.6 Å². The number of alkyl halides is 3. The minimum absolute atomic E-state index is 0.243. The molecule has 5 rings (SSSR count). The molecule has 1 aliphatic carbocycles. The number of halogens is 3. The van der Waals surface area contributed by atoms with Crippen molar-refractivity contribution in [1.29, 1.82) is 0 Å². The smallest absolute Gasteiger partial charge is 0.321 e. The second-order valence-electron chi connectivity index (χ2n) is 7.90. The number of nitrogens with zero attached hydrogens (tertiary/aromatic N) is 3. The number of rotatable bonds is 4. The first-order valence-electron chi connectivity index (χ1n) is 10.3. The Morgan fingerprint density at radius 3 is 2.44 bits per heavy atom. The molecule has 0 atom stereocenters. The highest BCUT2D eigenvalue weighted by Gasteiger charge is 2.34. The summed E-state index contributed by atoms with van der Waals surface area (Å²) >= 11 is 0. The molecule has 162 valence electrons. The van der Waals surface area contributed by atoms with E-state index in [1.54, 1.807) is 17.7 Å². The lowest BCUT2D eigenvalue weighted by atomic mass is 10.1. The van der Waals surface area contributed by atoms with Crippen molar-refractivity contribution in [3.63, 3.8) is 0 Å². The maximum Gasteiger partial charge on any atom is 0.418 e. The molecule has 8 heteroatoms. The van der Waals surface area contributed by atoms with E-state index >= 15 is 0 Å². The van der Waals surface area contributed by atoms with E-state index in [1.165, 1.54) is 18.2 Å². The van der Waals surface area contributed by atoms with Gasteiger partial charge in [-0.3, -0.25) is 4.79 Å². The molecule has 0 spiro atoms. The molecule has 0 unspecified atom stereocenters. The fraction of sp³-hybridized carbons (Fsp3) is 0.208. The van der Waals surface area contributed by atoms with Crippen molar-refractivity contribution < 1.29 is 18.0 Å². The molecule has 1 saturated carbocycles. The number of anilines is 1. The van der Waals surface area contributed by atoms with Crippen LogP contribution in [0.3, 0.4) is 0 Å². The van der Waals surface area contributed by atoms with Crippen LogP contribution in [-0.4, -0.2) is 20.7 Å². The van der Waals surface area contributed by atoms with Crippen molar-refractivity contribution in [3.05, 3.63) is 83.2 Å². The number of aryl methyl sites for hydroxylation is 1. The van der Waals surface area contributed by atoms with Gasteiger partial charge in [0.1, 0.15) is 0 Å². The van der Waals surface area contributed by atoms with Crippen molar-refractivity contribution in [2.75, 3.05) is 5.32 Å². The first-order valence-corrected chi connectivity index (χ1v) is 10.3. The number of para-hydroxylation sites is 2. The summed E-state index contributed by atoms with van der Waals surface area (Å²) in [6.45, 7) is 1.76. The molecule has 1 fully saturated rings. The van der Waals surface area contributed by atoms with E-state index in [0.29, 0.717) is 16.7 Å². The van der Waals surface area contributed by atoms with E-state index in [1.807, 2.05) is 30.3 Å². The summed E-state index contributed by atoms with van der Waals surface area (Å²) in [5, 5.41) is 7.57. The second-order valence-corrected chi connectivity index (χ2v) is 7.90. The van der Waals surface area contributed by atoms with Gasteiger partial charge in [0.05, 0.1) is 33.6 Å². The number of hydrogen-bond acceptors (Lipinski definition) is 3. The van der Waals surface area contributed by atoms with Gasteiger partial charge in [-0.15, -0.1) is 0 Å². The van der Waals surface area contributed by atoms with Gasteiger partial charge in [0.15, 0.2) is 5.65 Å². The van der Waals surface area contributed by atoms with Crippen molar-refractivity contribution in [2.24, 2.45) is 0 Å². The van der Waals surface area contributed by atoms with Crippen LogP contribution in [-0.2, 0) is 6.18 Å². The van der Waals surface area contributed by atoms with Crippen molar-refractivity contribution in [1.82, 2.24) is 14.8 Å². The Balaban J connectivity index is 1.65. The summed E-state index contributed by atoms with van der Waals surface area (Å²) in [5.41, 5.74) is 1.74. The van der Waals surface area contributed by atoms with Crippen LogP contribution in [0.1, 0.15) is 46.1 Å². The molecule has 32 heavy (non-hydrogen) atoms. The number of fused-ring (bicyclic) bond motifs is 1. The lowest BCUT2D eigenvalue weighted by Gasteiger charge is -2.14. The molecule has 0 saturated heterocycles. The Labute approximate surface area is 181 Å². The number of nitrogens with one attached hydrogen (secondary N) is 1. The summed E-state index contributed by atoms with van der Waals surface area (Å²) < 4.78 is 41.9. The topological polar surface area (TPSA) is 59.8 Å². The first-order chi connectivity index (χ1) is 15.3. The summed E-state index contributed by atoms with van der Waals surface area (Å²) in [6.07, 6.45) is -2.64. The maximum absolute atomic E-state index is 13.4. The minimum atomic E-state index is -4.58. The van der Waals surface area contributed by atoms with Gasteiger partial charge in [-0.05, 0) is 50.1 Å². The molecule has 1 aliphatic rings. The van der Waals surface area contributed by atoms with E-state index in [2.05, 4.69) is 10.4 Å². The quantitative estimate of drug-likeness (QED) is 0.435. The Bertz CT molecular complexity index is 1320. The molecule has 2 heterocycles. The van der Waals surface area contributed by atoms with Crippen LogP contribution < -0.4 is 5.32 Å². The molecule has 5 nitrogen and oxygen atoms in total. The Morgan fingerprint density at radius 1 is 1.06 bits per heavy atom. The van der Waals surface area contributed by atoms with Gasteiger partial charge in [0, 0.05) is 11.6 Å². The Hall–Kier alpha value is -3.68. The van der Waals surface area contributed by atoms with Gasteiger partial charge in [-0.1, -0.05) is 30.3 Å². The molecule has 1 N–H and O–H groups in total. The zero-order valence-electron chi connectivity index (χ0n) is 17.1. The lowest BCUT2D eigenvalue weighted by Crippen LogP contribution is -2.17. The molecule has 0 aliphatic heterocycles. The van der Waals surface area contributed by atoms with E-state index in [9.17, 15) is 18.0 Å². The average Bonchev–Trinajstić information content (AvgIpc) is 3.57. The van der Waals surface area contributed by atoms with Crippen LogP contribution in [0.15, 0.2) is 60.7 Å². The molecule has 1 amide bonds. The van der Waals surface area contributed by atoms with Crippen molar-refractivity contribution >= 4 is 22.6 Å². The molecule has 4 aromatic rings. The Morgan fingerprint density at radius 2 is 1.75 bits per heavy atom. The molecule has 2 aromatic heterocycles. The highest BCUT2D eigenvalue weighted by Crippen LogP contribution is 2.41. The van der Waals surface area contributed by atoms with Crippen LogP contribution >= 0.6 is 0 Å². The number of pyridine rings is 1. The standard InChI is InChI=1S/C24H19F3N4O/c1-14-21-17(23(32)29-19-10-6-5-9-18(19)24(25,26)27)13-20(15-11-12-15)28-22(21)31(30-14)16-7-3-2-4-8-16/h2-10,13,15H,11-12H2,1H3,(H,29,32). The highest BCUT2D eigenvalue weighted by atomic mass is 19.4. The summed E-state index contributed by atoms with van der Waals surface area (Å²) in [6, 6.07) is 16.1. The lowest BCUT2D eigenvalue weighted by molar-refractivity contribution is -0.136. The van der Waals surface area contributed by atoms with Crippen molar-refractivity contribution in [2.45, 2.75) is 31.9 Å².